The van der Waals surface area contributed by atoms with Crippen molar-refractivity contribution in [3.05, 3.63) is 46.4 Å². The number of nitrogens with one attached hydrogen (secondary N) is 1. The maximum atomic E-state index is 12.3. The molecule has 1 N–H and O–H groups in total. The lowest BCUT2D eigenvalue weighted by Crippen LogP contribution is -2.13. The van der Waals surface area contributed by atoms with Crippen molar-refractivity contribution in [2.75, 3.05) is 11.5 Å². The van der Waals surface area contributed by atoms with E-state index in [0.717, 1.165) is 0 Å². The van der Waals surface area contributed by atoms with Gasteiger partial charge in [-0.3, -0.25) is 4.72 Å². The van der Waals surface area contributed by atoms with Crippen LogP contribution in [0.2, 0.25) is 10.0 Å². The van der Waals surface area contributed by atoms with E-state index in [-0.39, 0.29) is 21.7 Å². The lowest BCUT2D eigenvalue weighted by atomic mass is 10.3. The zero-order valence-electron chi connectivity index (χ0n) is 10.5. The minimum absolute atomic E-state index is 0.0886. The van der Waals surface area contributed by atoms with E-state index >= 15 is 0 Å². The molecule has 0 unspecified atom stereocenters. The van der Waals surface area contributed by atoms with Crippen LogP contribution in [-0.4, -0.2) is 15.2 Å². The van der Waals surface area contributed by atoms with Gasteiger partial charge in [-0.25, -0.2) is 8.42 Å². The quantitative estimate of drug-likeness (QED) is 0.924. The van der Waals surface area contributed by atoms with E-state index in [2.05, 4.69) is 4.72 Å². The molecule has 0 atom stereocenters. The first-order valence-corrected chi connectivity index (χ1v) is 8.07. The molecule has 0 aromatic heterocycles. The van der Waals surface area contributed by atoms with Crippen LogP contribution in [0.1, 0.15) is 0 Å². The Kier molecular flexibility index (Phi) is 3.61. The van der Waals surface area contributed by atoms with Gasteiger partial charge in [-0.2, -0.15) is 0 Å². The summed E-state index contributed by atoms with van der Waals surface area (Å²) in [5.41, 5.74) is 0.343. The van der Waals surface area contributed by atoms with E-state index in [1.807, 2.05) is 0 Å². The zero-order valence-corrected chi connectivity index (χ0v) is 12.8. The van der Waals surface area contributed by atoms with Gasteiger partial charge < -0.3 is 9.47 Å². The first kappa shape index (κ1) is 14.3. The number of halogens is 2. The highest BCUT2D eigenvalue weighted by molar-refractivity contribution is 7.92. The average molecular weight is 346 g/mol. The Balaban J connectivity index is 1.94. The minimum atomic E-state index is -3.85. The molecule has 0 spiro atoms. The highest BCUT2D eigenvalue weighted by Gasteiger charge is 2.20. The van der Waals surface area contributed by atoms with E-state index in [0.29, 0.717) is 17.2 Å². The van der Waals surface area contributed by atoms with Crippen LogP contribution in [0.5, 0.6) is 11.5 Å². The summed E-state index contributed by atoms with van der Waals surface area (Å²) in [6.07, 6.45) is 0. The number of rotatable bonds is 3. The Labute approximate surface area is 131 Å². The molecule has 21 heavy (non-hydrogen) atoms. The van der Waals surface area contributed by atoms with Crippen molar-refractivity contribution in [1.82, 2.24) is 0 Å². The van der Waals surface area contributed by atoms with Crippen molar-refractivity contribution in [2.24, 2.45) is 0 Å². The molecule has 0 saturated heterocycles. The number of fused-ring (bicyclic) bond motifs is 1. The predicted octanol–water partition coefficient (Wildman–Crippen LogP) is 3.52. The molecule has 5 nitrogen and oxygen atoms in total. The highest BCUT2D eigenvalue weighted by atomic mass is 35.5. The Bertz CT molecular complexity index is 808. The summed E-state index contributed by atoms with van der Waals surface area (Å²) in [5.74, 6) is 1.05. The van der Waals surface area contributed by atoms with Crippen molar-refractivity contribution in [2.45, 2.75) is 4.90 Å². The van der Waals surface area contributed by atoms with Crippen LogP contribution < -0.4 is 14.2 Å². The molecule has 0 fully saturated rings. The number of ether oxygens (including phenoxy) is 2. The summed E-state index contributed by atoms with van der Waals surface area (Å²) in [6.45, 7) is 0.117. The van der Waals surface area contributed by atoms with Gasteiger partial charge in [-0.15, -0.1) is 0 Å². The van der Waals surface area contributed by atoms with E-state index in [4.69, 9.17) is 32.7 Å². The molecular weight excluding hydrogens is 337 g/mol. The largest absolute Gasteiger partial charge is 0.454 e. The predicted molar refractivity (Wildman–Crippen MR) is 79.8 cm³/mol. The Morgan fingerprint density at radius 1 is 1.00 bits per heavy atom. The van der Waals surface area contributed by atoms with Crippen LogP contribution >= 0.6 is 23.2 Å². The molecule has 1 heterocycles. The Hall–Kier alpha value is -1.63. The number of sulfonamides is 1. The van der Waals surface area contributed by atoms with Gasteiger partial charge in [0.2, 0.25) is 6.79 Å². The van der Waals surface area contributed by atoms with E-state index in [1.54, 1.807) is 18.2 Å². The van der Waals surface area contributed by atoms with Crippen molar-refractivity contribution in [3.8, 4) is 11.5 Å². The molecule has 0 amide bonds. The molecule has 1 aliphatic heterocycles. The molecule has 3 rings (SSSR count). The van der Waals surface area contributed by atoms with Crippen LogP contribution in [0.3, 0.4) is 0 Å². The van der Waals surface area contributed by atoms with Gasteiger partial charge in [-0.05, 0) is 30.3 Å². The third kappa shape index (κ3) is 2.88. The maximum Gasteiger partial charge on any atom is 0.263 e. The summed E-state index contributed by atoms with van der Waals surface area (Å²) in [6, 6.07) is 8.97. The second-order valence-corrected chi connectivity index (χ2v) is 6.74. The monoisotopic (exact) mass is 345 g/mol. The van der Waals surface area contributed by atoms with Crippen LogP contribution in [0.25, 0.3) is 0 Å². The van der Waals surface area contributed by atoms with Gasteiger partial charge >= 0.3 is 0 Å². The fourth-order valence-electron chi connectivity index (χ4n) is 1.85. The molecule has 0 aliphatic carbocycles. The molecule has 0 radical (unpaired) electrons. The van der Waals surface area contributed by atoms with E-state index < -0.39 is 10.0 Å². The number of anilines is 1. The number of hydrogen-bond donors (Lipinski definition) is 1. The first-order chi connectivity index (χ1) is 9.95. The lowest BCUT2D eigenvalue weighted by molar-refractivity contribution is 0.174. The smallest absolute Gasteiger partial charge is 0.263 e. The summed E-state index contributed by atoms with van der Waals surface area (Å²) >= 11 is 11.7. The second-order valence-electron chi connectivity index (χ2n) is 4.25. The summed E-state index contributed by atoms with van der Waals surface area (Å²) in [5, 5.41) is 0.373. The normalized spacial score (nSPS) is 13.2. The number of hydrogen-bond acceptors (Lipinski definition) is 4. The van der Waals surface area contributed by atoms with Crippen molar-refractivity contribution in [1.29, 1.82) is 0 Å². The Morgan fingerprint density at radius 2 is 1.76 bits per heavy atom. The molecule has 1 aliphatic rings. The molecular formula is C13H9Cl2NO4S. The zero-order chi connectivity index (χ0) is 15.0. The standard InChI is InChI=1S/C13H9Cl2NO4S/c14-8-1-3-10(15)13(5-8)21(17,18)16-9-2-4-11-12(6-9)20-7-19-11/h1-6,16H,7H2. The second kappa shape index (κ2) is 5.29. The SMILES string of the molecule is O=S(=O)(Nc1ccc2c(c1)OCO2)c1cc(Cl)ccc1Cl. The molecule has 0 bridgehead atoms. The van der Waals surface area contributed by atoms with Gasteiger partial charge in [0.1, 0.15) is 4.90 Å². The number of benzene rings is 2. The third-order valence-electron chi connectivity index (χ3n) is 2.81. The first-order valence-electron chi connectivity index (χ1n) is 5.83. The lowest BCUT2D eigenvalue weighted by Gasteiger charge is -2.10. The van der Waals surface area contributed by atoms with Gasteiger partial charge in [0.05, 0.1) is 10.7 Å². The summed E-state index contributed by atoms with van der Waals surface area (Å²) in [4.78, 5) is -0.0886. The van der Waals surface area contributed by atoms with Gasteiger partial charge in [0.25, 0.3) is 10.0 Å². The Morgan fingerprint density at radius 3 is 2.57 bits per heavy atom. The van der Waals surface area contributed by atoms with Gasteiger partial charge in [-0.1, -0.05) is 23.2 Å². The van der Waals surface area contributed by atoms with Gasteiger partial charge in [0, 0.05) is 11.1 Å². The van der Waals surface area contributed by atoms with Crippen LogP contribution in [0.4, 0.5) is 5.69 Å². The summed E-state index contributed by atoms with van der Waals surface area (Å²) in [7, 11) is -3.85. The fourth-order valence-corrected chi connectivity index (χ4v) is 3.67. The molecule has 110 valence electrons. The van der Waals surface area contributed by atoms with Crippen LogP contribution in [0, 0.1) is 0 Å². The maximum absolute atomic E-state index is 12.3. The fraction of sp³-hybridized carbons (Fsp3) is 0.0769. The topological polar surface area (TPSA) is 64.6 Å². The molecule has 8 heteroatoms. The van der Waals surface area contributed by atoms with Gasteiger partial charge in [0.15, 0.2) is 11.5 Å². The third-order valence-corrected chi connectivity index (χ3v) is 4.91. The molecule has 0 saturated carbocycles. The van der Waals surface area contributed by atoms with Crippen LogP contribution in [-0.2, 0) is 10.0 Å². The van der Waals surface area contributed by atoms with Crippen LogP contribution in [0.15, 0.2) is 41.3 Å². The molecule has 2 aromatic carbocycles. The summed E-state index contributed by atoms with van der Waals surface area (Å²) < 4.78 is 37.5. The van der Waals surface area contributed by atoms with Crippen molar-refractivity contribution >= 4 is 38.9 Å². The highest BCUT2D eigenvalue weighted by Crippen LogP contribution is 2.35. The minimum Gasteiger partial charge on any atom is -0.454 e. The van der Waals surface area contributed by atoms with Crippen molar-refractivity contribution in [3.63, 3.8) is 0 Å². The van der Waals surface area contributed by atoms with E-state index in [9.17, 15) is 8.42 Å². The van der Waals surface area contributed by atoms with E-state index in [1.165, 1.54) is 18.2 Å². The molecule has 2 aromatic rings. The average Bonchev–Trinajstić information content (AvgIpc) is 2.88. The van der Waals surface area contributed by atoms with Crippen molar-refractivity contribution < 1.29 is 17.9 Å².